The second-order valence-corrected chi connectivity index (χ2v) is 4.36. The van der Waals surface area contributed by atoms with Crippen LogP contribution in [0.15, 0.2) is 12.1 Å². The Balaban J connectivity index is 2.90. The van der Waals surface area contributed by atoms with E-state index in [-0.39, 0.29) is 6.10 Å². The number of rotatable bonds is 5. The zero-order valence-electron chi connectivity index (χ0n) is 11.1. The molecule has 0 saturated carbocycles. The molecule has 1 N–H and O–H groups in total. The van der Waals surface area contributed by atoms with E-state index in [0.29, 0.717) is 0 Å². The van der Waals surface area contributed by atoms with E-state index in [1.54, 1.807) is 0 Å². The molecule has 1 atom stereocenters. The van der Waals surface area contributed by atoms with Crippen LogP contribution in [0.4, 0.5) is 0 Å². The number of hydrogen-bond donors (Lipinski definition) is 1. The first-order chi connectivity index (χ1) is 7.60. The van der Waals surface area contributed by atoms with E-state index in [9.17, 15) is 0 Å². The van der Waals surface area contributed by atoms with Crippen LogP contribution in [0.3, 0.4) is 0 Å². The summed E-state index contributed by atoms with van der Waals surface area (Å²) < 4.78 is 6.08. The Morgan fingerprint density at radius 3 is 2.38 bits per heavy atom. The van der Waals surface area contributed by atoms with Crippen LogP contribution >= 0.6 is 0 Å². The minimum atomic E-state index is 0.254. The third-order valence-corrected chi connectivity index (χ3v) is 3.05. The molecule has 1 rings (SSSR count). The number of likely N-dealkylation sites (N-methyl/N-ethyl adjacent to an activating group) is 1. The van der Waals surface area contributed by atoms with Gasteiger partial charge in [-0.1, -0.05) is 19.1 Å². The molecule has 0 amide bonds. The fourth-order valence-corrected chi connectivity index (χ4v) is 1.77. The molecule has 2 heteroatoms. The number of hydrogen-bond acceptors (Lipinski definition) is 2. The van der Waals surface area contributed by atoms with Crippen LogP contribution < -0.4 is 10.1 Å². The summed E-state index contributed by atoms with van der Waals surface area (Å²) >= 11 is 0. The summed E-state index contributed by atoms with van der Waals surface area (Å²) in [6.07, 6.45) is 1.28. The summed E-state index contributed by atoms with van der Waals surface area (Å²) in [5, 5.41) is 3.17. The van der Waals surface area contributed by atoms with Gasteiger partial charge in [0.15, 0.2) is 0 Å². The van der Waals surface area contributed by atoms with Crippen LogP contribution in [-0.2, 0) is 0 Å². The highest BCUT2D eigenvalue weighted by Gasteiger charge is 2.12. The molecule has 0 aromatic heterocycles. The van der Waals surface area contributed by atoms with Gasteiger partial charge in [-0.25, -0.2) is 0 Å². The molecule has 0 radical (unpaired) electrons. The van der Waals surface area contributed by atoms with E-state index in [4.69, 9.17) is 4.74 Å². The van der Waals surface area contributed by atoms with Gasteiger partial charge in [0.25, 0.3) is 0 Å². The zero-order valence-corrected chi connectivity index (χ0v) is 11.1. The molecular formula is C14H23NO. The molecule has 1 unspecified atom stereocenters. The highest BCUT2D eigenvalue weighted by molar-refractivity contribution is 5.44. The SMILES string of the molecule is CCC(CNC)Oc1c(C)ccc(C)c1C. The van der Waals surface area contributed by atoms with Crippen LogP contribution in [-0.4, -0.2) is 19.7 Å². The Bertz CT molecular complexity index is 347. The lowest BCUT2D eigenvalue weighted by Crippen LogP contribution is -2.29. The average Bonchev–Trinajstić information content (AvgIpc) is 2.28. The Hall–Kier alpha value is -1.02. The lowest BCUT2D eigenvalue weighted by atomic mass is 10.1. The van der Waals surface area contributed by atoms with Gasteiger partial charge in [0.1, 0.15) is 11.9 Å². The molecule has 0 aliphatic rings. The molecule has 1 aromatic carbocycles. The van der Waals surface area contributed by atoms with E-state index >= 15 is 0 Å². The minimum Gasteiger partial charge on any atom is -0.489 e. The van der Waals surface area contributed by atoms with Crippen molar-refractivity contribution >= 4 is 0 Å². The number of benzene rings is 1. The minimum absolute atomic E-state index is 0.254. The second kappa shape index (κ2) is 5.90. The predicted octanol–water partition coefficient (Wildman–Crippen LogP) is 2.99. The summed E-state index contributed by atoms with van der Waals surface area (Å²) in [6.45, 7) is 9.41. The lowest BCUT2D eigenvalue weighted by Gasteiger charge is -2.21. The number of nitrogens with one attached hydrogen (secondary N) is 1. The number of ether oxygens (including phenoxy) is 1. The van der Waals surface area contributed by atoms with Crippen molar-refractivity contribution in [3.05, 3.63) is 28.8 Å². The van der Waals surface area contributed by atoms with Crippen molar-refractivity contribution < 1.29 is 4.74 Å². The van der Waals surface area contributed by atoms with E-state index in [1.807, 2.05) is 7.05 Å². The monoisotopic (exact) mass is 221 g/mol. The average molecular weight is 221 g/mol. The van der Waals surface area contributed by atoms with Crippen molar-refractivity contribution in [1.82, 2.24) is 5.32 Å². The van der Waals surface area contributed by atoms with E-state index in [2.05, 4.69) is 45.1 Å². The summed E-state index contributed by atoms with van der Waals surface area (Å²) in [6, 6.07) is 4.28. The summed E-state index contributed by atoms with van der Waals surface area (Å²) in [5.74, 6) is 1.06. The van der Waals surface area contributed by atoms with Crippen molar-refractivity contribution in [1.29, 1.82) is 0 Å². The molecule has 90 valence electrons. The summed E-state index contributed by atoms with van der Waals surface area (Å²) in [7, 11) is 1.96. The topological polar surface area (TPSA) is 21.3 Å². The quantitative estimate of drug-likeness (QED) is 0.825. The van der Waals surface area contributed by atoms with Gasteiger partial charge < -0.3 is 10.1 Å². The first-order valence-corrected chi connectivity index (χ1v) is 5.98. The van der Waals surface area contributed by atoms with Crippen LogP contribution in [0, 0.1) is 20.8 Å². The summed E-state index contributed by atoms with van der Waals surface area (Å²) in [5.41, 5.74) is 3.77. The normalized spacial score (nSPS) is 12.6. The Morgan fingerprint density at radius 2 is 1.81 bits per heavy atom. The van der Waals surface area contributed by atoms with Gasteiger partial charge in [0, 0.05) is 6.54 Å². The van der Waals surface area contributed by atoms with Gasteiger partial charge in [-0.15, -0.1) is 0 Å². The molecule has 0 aliphatic carbocycles. The van der Waals surface area contributed by atoms with Crippen LogP contribution in [0.1, 0.15) is 30.0 Å². The first-order valence-electron chi connectivity index (χ1n) is 5.98. The third kappa shape index (κ3) is 2.99. The van der Waals surface area contributed by atoms with Gasteiger partial charge in [0.05, 0.1) is 0 Å². The Labute approximate surface area is 99.0 Å². The van der Waals surface area contributed by atoms with Gasteiger partial charge in [-0.3, -0.25) is 0 Å². The van der Waals surface area contributed by atoms with Crippen LogP contribution in [0.25, 0.3) is 0 Å². The van der Waals surface area contributed by atoms with Crippen molar-refractivity contribution in [3.8, 4) is 5.75 Å². The maximum Gasteiger partial charge on any atom is 0.125 e. The molecule has 2 nitrogen and oxygen atoms in total. The standard InChI is InChI=1S/C14H23NO/c1-6-13(9-15-5)16-14-11(3)8-7-10(2)12(14)4/h7-8,13,15H,6,9H2,1-5H3. The zero-order chi connectivity index (χ0) is 12.1. The largest absolute Gasteiger partial charge is 0.489 e. The highest BCUT2D eigenvalue weighted by Crippen LogP contribution is 2.27. The van der Waals surface area contributed by atoms with Crippen LogP contribution in [0.5, 0.6) is 5.75 Å². The highest BCUT2D eigenvalue weighted by atomic mass is 16.5. The molecular weight excluding hydrogens is 198 g/mol. The molecule has 16 heavy (non-hydrogen) atoms. The second-order valence-electron chi connectivity index (χ2n) is 4.36. The predicted molar refractivity (Wildman–Crippen MR) is 69.3 cm³/mol. The maximum absolute atomic E-state index is 6.08. The molecule has 1 aromatic rings. The smallest absolute Gasteiger partial charge is 0.125 e. The van der Waals surface area contributed by atoms with Crippen LogP contribution in [0.2, 0.25) is 0 Å². The summed E-state index contributed by atoms with van der Waals surface area (Å²) in [4.78, 5) is 0. The number of aryl methyl sites for hydroxylation is 2. The molecule has 0 spiro atoms. The van der Waals surface area contributed by atoms with Gasteiger partial charge >= 0.3 is 0 Å². The molecule has 0 fully saturated rings. The Kier molecular flexibility index (Phi) is 4.81. The van der Waals surface area contributed by atoms with Crippen molar-refractivity contribution in [2.75, 3.05) is 13.6 Å². The van der Waals surface area contributed by atoms with Crippen molar-refractivity contribution in [2.45, 2.75) is 40.2 Å². The molecule has 0 heterocycles. The Morgan fingerprint density at radius 1 is 1.19 bits per heavy atom. The molecule has 0 saturated heterocycles. The van der Waals surface area contributed by atoms with Gasteiger partial charge in [-0.05, 0) is 50.9 Å². The maximum atomic E-state index is 6.08. The third-order valence-electron chi connectivity index (χ3n) is 3.05. The van der Waals surface area contributed by atoms with Gasteiger partial charge in [-0.2, -0.15) is 0 Å². The first kappa shape index (κ1) is 13.0. The molecule has 0 aliphatic heterocycles. The lowest BCUT2D eigenvalue weighted by molar-refractivity contribution is 0.194. The van der Waals surface area contributed by atoms with Crippen molar-refractivity contribution in [2.24, 2.45) is 0 Å². The van der Waals surface area contributed by atoms with E-state index < -0.39 is 0 Å². The fourth-order valence-electron chi connectivity index (χ4n) is 1.77. The van der Waals surface area contributed by atoms with Gasteiger partial charge in [0.2, 0.25) is 0 Å². The van der Waals surface area contributed by atoms with E-state index in [0.717, 1.165) is 18.7 Å². The van der Waals surface area contributed by atoms with E-state index in [1.165, 1.54) is 16.7 Å². The molecule has 0 bridgehead atoms. The fraction of sp³-hybridized carbons (Fsp3) is 0.571. The van der Waals surface area contributed by atoms with Crippen molar-refractivity contribution in [3.63, 3.8) is 0 Å².